The first-order valence-electron chi connectivity index (χ1n) is 10.5. The fraction of sp³-hybridized carbons (Fsp3) is 0.348. The van der Waals surface area contributed by atoms with Crippen LogP contribution in [0.2, 0.25) is 5.02 Å². The van der Waals surface area contributed by atoms with Crippen LogP contribution >= 0.6 is 11.6 Å². The molecule has 3 aromatic rings. The number of aromatic nitrogens is 3. The van der Waals surface area contributed by atoms with E-state index in [1.54, 1.807) is 28.8 Å². The molecule has 7 nitrogen and oxygen atoms in total. The van der Waals surface area contributed by atoms with Crippen LogP contribution < -0.4 is 15.7 Å². The molecule has 1 amide bonds. The van der Waals surface area contributed by atoms with Crippen molar-refractivity contribution < 1.29 is 9.53 Å². The summed E-state index contributed by atoms with van der Waals surface area (Å²) in [7, 11) is 0. The maximum Gasteiger partial charge on any atom is 0.345 e. The van der Waals surface area contributed by atoms with E-state index in [4.69, 9.17) is 16.3 Å². The summed E-state index contributed by atoms with van der Waals surface area (Å²) >= 11 is 6.18. The molecule has 31 heavy (non-hydrogen) atoms. The average molecular weight is 441 g/mol. The van der Waals surface area contributed by atoms with Gasteiger partial charge in [-0.2, -0.15) is 5.10 Å². The minimum Gasteiger partial charge on any atom is -0.488 e. The van der Waals surface area contributed by atoms with Crippen LogP contribution in [0.4, 0.5) is 0 Å². The summed E-state index contributed by atoms with van der Waals surface area (Å²) in [6.07, 6.45) is 3.56. The van der Waals surface area contributed by atoms with Crippen molar-refractivity contribution in [1.29, 1.82) is 0 Å². The van der Waals surface area contributed by atoms with Crippen molar-refractivity contribution in [2.24, 2.45) is 0 Å². The van der Waals surface area contributed by atoms with Crippen LogP contribution in [0.15, 0.2) is 53.3 Å². The Morgan fingerprint density at radius 3 is 2.77 bits per heavy atom. The molecule has 0 saturated carbocycles. The van der Waals surface area contributed by atoms with Crippen LogP contribution in [-0.2, 0) is 26.1 Å². The van der Waals surface area contributed by atoms with Gasteiger partial charge in [0.25, 0.3) is 5.91 Å². The average Bonchev–Trinajstić information content (AvgIpc) is 3.12. The van der Waals surface area contributed by atoms with Crippen LogP contribution in [-0.4, -0.2) is 26.8 Å². The van der Waals surface area contributed by atoms with Gasteiger partial charge in [0.2, 0.25) is 0 Å². The molecule has 1 aliphatic rings. The molecule has 0 aliphatic carbocycles. The predicted octanol–water partition coefficient (Wildman–Crippen LogP) is 3.43. The number of carbonyl (C=O) groups is 1. The van der Waals surface area contributed by atoms with E-state index in [-0.39, 0.29) is 18.2 Å². The Balaban J connectivity index is 1.31. The summed E-state index contributed by atoms with van der Waals surface area (Å²) < 4.78 is 9.13. The Morgan fingerprint density at radius 2 is 1.94 bits per heavy atom. The number of hydrogen-bond donors (Lipinski definition) is 1. The number of carbonyl (C=O) groups excluding carboxylic acids is 1. The lowest BCUT2D eigenvalue weighted by Crippen LogP contribution is -2.29. The topological polar surface area (TPSA) is 78.2 Å². The summed E-state index contributed by atoms with van der Waals surface area (Å²) in [4.78, 5) is 25.0. The fourth-order valence-electron chi connectivity index (χ4n) is 3.67. The van der Waals surface area contributed by atoms with Gasteiger partial charge in [0.1, 0.15) is 18.2 Å². The maximum atomic E-state index is 12.7. The lowest BCUT2D eigenvalue weighted by molar-refractivity contribution is 0.0948. The van der Waals surface area contributed by atoms with Crippen molar-refractivity contribution in [1.82, 2.24) is 19.7 Å². The van der Waals surface area contributed by atoms with Crippen molar-refractivity contribution in [2.45, 2.75) is 45.4 Å². The largest absolute Gasteiger partial charge is 0.488 e. The zero-order valence-corrected chi connectivity index (χ0v) is 18.0. The standard InChI is InChI=1S/C23H25ClN4O3/c24-19-10-3-1-8-17(19)16-31-20-11-4-2-9-18(20)22(29)25-13-7-15-28-23(30)27-14-6-5-12-21(27)26-28/h1-4,8-11H,5-7,12-16H2,(H,25,29). The summed E-state index contributed by atoms with van der Waals surface area (Å²) in [6.45, 7) is 1.93. The van der Waals surface area contributed by atoms with Gasteiger partial charge in [-0.25, -0.2) is 9.48 Å². The minimum atomic E-state index is -0.216. The van der Waals surface area contributed by atoms with Crippen molar-refractivity contribution in [2.75, 3.05) is 6.54 Å². The smallest absolute Gasteiger partial charge is 0.345 e. The summed E-state index contributed by atoms with van der Waals surface area (Å²) in [5.41, 5.74) is 1.26. The highest BCUT2D eigenvalue weighted by Crippen LogP contribution is 2.22. The Morgan fingerprint density at radius 1 is 1.13 bits per heavy atom. The molecule has 0 spiro atoms. The third-order valence-electron chi connectivity index (χ3n) is 5.34. The Hall–Kier alpha value is -3.06. The van der Waals surface area contributed by atoms with E-state index >= 15 is 0 Å². The molecular weight excluding hydrogens is 416 g/mol. The monoisotopic (exact) mass is 440 g/mol. The first kappa shape index (κ1) is 21.2. The van der Waals surface area contributed by atoms with Crippen LogP contribution in [0.5, 0.6) is 5.75 Å². The van der Waals surface area contributed by atoms with Crippen molar-refractivity contribution in [3.8, 4) is 5.75 Å². The van der Waals surface area contributed by atoms with Gasteiger partial charge in [-0.15, -0.1) is 0 Å². The Labute approximate surface area is 185 Å². The van der Waals surface area contributed by atoms with Crippen molar-refractivity contribution in [3.05, 3.63) is 81.0 Å². The van der Waals surface area contributed by atoms with E-state index < -0.39 is 0 Å². The zero-order valence-electron chi connectivity index (χ0n) is 17.2. The predicted molar refractivity (Wildman–Crippen MR) is 119 cm³/mol. The molecule has 8 heteroatoms. The van der Waals surface area contributed by atoms with Gasteiger partial charge in [0, 0.05) is 36.6 Å². The normalized spacial score (nSPS) is 12.9. The summed E-state index contributed by atoms with van der Waals surface area (Å²) in [5, 5.41) is 7.95. The molecule has 0 bridgehead atoms. The van der Waals surface area contributed by atoms with Crippen LogP contribution in [0, 0.1) is 0 Å². The number of aryl methyl sites for hydroxylation is 2. The van der Waals surface area contributed by atoms with E-state index in [0.717, 1.165) is 37.2 Å². The molecule has 1 aromatic heterocycles. The number of para-hydroxylation sites is 1. The van der Waals surface area contributed by atoms with E-state index in [1.165, 1.54) is 4.68 Å². The quantitative estimate of drug-likeness (QED) is 0.544. The molecule has 0 atom stereocenters. The lowest BCUT2D eigenvalue weighted by Gasteiger charge is -2.12. The molecule has 162 valence electrons. The Bertz CT molecular complexity index is 1120. The highest BCUT2D eigenvalue weighted by Gasteiger charge is 2.16. The number of fused-ring (bicyclic) bond motifs is 1. The van der Waals surface area contributed by atoms with Crippen LogP contribution in [0.3, 0.4) is 0 Å². The number of benzene rings is 2. The molecular formula is C23H25ClN4O3. The number of nitrogens with one attached hydrogen (secondary N) is 1. The number of rotatable bonds is 8. The van der Waals surface area contributed by atoms with Crippen molar-refractivity contribution in [3.63, 3.8) is 0 Å². The van der Waals surface area contributed by atoms with Crippen molar-refractivity contribution >= 4 is 17.5 Å². The van der Waals surface area contributed by atoms with Crippen LogP contribution in [0.1, 0.15) is 41.0 Å². The molecule has 0 unspecified atom stereocenters. The van der Waals surface area contributed by atoms with E-state index in [9.17, 15) is 9.59 Å². The maximum absolute atomic E-state index is 12.7. The molecule has 2 heterocycles. The molecule has 1 N–H and O–H groups in total. The first-order chi connectivity index (χ1) is 15.1. The van der Waals surface area contributed by atoms with Crippen LogP contribution in [0.25, 0.3) is 0 Å². The van der Waals surface area contributed by atoms with Gasteiger partial charge in [-0.05, 0) is 37.5 Å². The minimum absolute atomic E-state index is 0.0562. The van der Waals surface area contributed by atoms with Gasteiger partial charge in [0.15, 0.2) is 0 Å². The zero-order chi connectivity index (χ0) is 21.6. The molecule has 4 rings (SSSR count). The highest BCUT2D eigenvalue weighted by molar-refractivity contribution is 6.31. The van der Waals surface area contributed by atoms with Gasteiger partial charge in [-0.3, -0.25) is 9.36 Å². The van der Waals surface area contributed by atoms with E-state index in [1.807, 2.05) is 24.3 Å². The third kappa shape index (κ3) is 4.99. The van der Waals surface area contributed by atoms with Gasteiger partial charge in [-0.1, -0.05) is 41.9 Å². The molecule has 0 radical (unpaired) electrons. The van der Waals surface area contributed by atoms with E-state index in [2.05, 4.69) is 10.4 Å². The number of ether oxygens (including phenoxy) is 1. The highest BCUT2D eigenvalue weighted by atomic mass is 35.5. The first-order valence-corrected chi connectivity index (χ1v) is 10.9. The SMILES string of the molecule is O=C(NCCCn1nc2n(c1=O)CCCC2)c1ccccc1OCc1ccccc1Cl. The third-order valence-corrected chi connectivity index (χ3v) is 5.71. The van der Waals surface area contributed by atoms with Gasteiger partial charge >= 0.3 is 5.69 Å². The number of amides is 1. The fourth-order valence-corrected chi connectivity index (χ4v) is 3.86. The molecule has 0 fully saturated rings. The summed E-state index contributed by atoms with van der Waals surface area (Å²) in [5.74, 6) is 1.15. The second-order valence-corrected chi connectivity index (χ2v) is 7.92. The second kappa shape index (κ2) is 9.83. The molecule has 0 saturated heterocycles. The van der Waals surface area contributed by atoms with Gasteiger partial charge in [0.05, 0.1) is 5.56 Å². The molecule has 2 aromatic carbocycles. The lowest BCUT2D eigenvalue weighted by atomic mass is 10.2. The number of nitrogens with zero attached hydrogens (tertiary/aromatic N) is 3. The number of hydrogen-bond acceptors (Lipinski definition) is 4. The molecule has 1 aliphatic heterocycles. The number of halogens is 1. The summed E-state index contributed by atoms with van der Waals surface area (Å²) in [6, 6.07) is 14.6. The second-order valence-electron chi connectivity index (χ2n) is 7.52. The Kier molecular flexibility index (Phi) is 6.72. The van der Waals surface area contributed by atoms with Gasteiger partial charge < -0.3 is 10.1 Å². The van der Waals surface area contributed by atoms with E-state index in [0.29, 0.717) is 35.8 Å².